The van der Waals surface area contributed by atoms with Gasteiger partial charge in [0.1, 0.15) is 11.3 Å². The SMILES string of the molecule is Cc1nc2ccccn2c1C(=O)N(C)[C@H](CC(C)C)C(=O)C(C)(C)C. The lowest BCUT2D eigenvalue weighted by molar-refractivity contribution is -0.131. The van der Waals surface area contributed by atoms with E-state index in [4.69, 9.17) is 0 Å². The van der Waals surface area contributed by atoms with Gasteiger partial charge < -0.3 is 4.90 Å². The molecule has 2 rings (SSSR count). The fourth-order valence-corrected chi connectivity index (χ4v) is 3.07. The molecule has 5 heteroatoms. The Labute approximate surface area is 150 Å². The second kappa shape index (κ2) is 6.98. The minimum Gasteiger partial charge on any atom is -0.330 e. The molecule has 136 valence electrons. The average Bonchev–Trinajstić information content (AvgIpc) is 2.85. The van der Waals surface area contributed by atoms with E-state index in [1.807, 2.05) is 52.1 Å². The highest BCUT2D eigenvalue weighted by Gasteiger charge is 2.36. The second-order valence-electron chi connectivity index (χ2n) is 8.15. The van der Waals surface area contributed by atoms with Gasteiger partial charge in [0.05, 0.1) is 11.7 Å². The van der Waals surface area contributed by atoms with Crippen LogP contribution in [0.25, 0.3) is 5.65 Å². The Kier molecular flexibility index (Phi) is 5.35. The van der Waals surface area contributed by atoms with E-state index in [2.05, 4.69) is 18.8 Å². The van der Waals surface area contributed by atoms with Gasteiger partial charge in [-0.2, -0.15) is 0 Å². The fourth-order valence-electron chi connectivity index (χ4n) is 3.07. The van der Waals surface area contributed by atoms with Crippen molar-refractivity contribution in [3.05, 3.63) is 35.8 Å². The molecule has 0 bridgehead atoms. The first kappa shape index (κ1) is 19.2. The van der Waals surface area contributed by atoms with Gasteiger partial charge in [-0.1, -0.05) is 40.7 Å². The van der Waals surface area contributed by atoms with Crippen molar-refractivity contribution in [1.82, 2.24) is 14.3 Å². The summed E-state index contributed by atoms with van der Waals surface area (Å²) in [7, 11) is 1.72. The number of imidazole rings is 1. The van der Waals surface area contributed by atoms with Crippen LogP contribution in [0.4, 0.5) is 0 Å². The molecule has 2 aromatic rings. The van der Waals surface area contributed by atoms with Crippen molar-refractivity contribution in [1.29, 1.82) is 0 Å². The average molecular weight is 343 g/mol. The van der Waals surface area contributed by atoms with Gasteiger partial charge in [-0.15, -0.1) is 0 Å². The Morgan fingerprint density at radius 1 is 1.24 bits per heavy atom. The third-order valence-corrected chi connectivity index (χ3v) is 4.43. The predicted octanol–water partition coefficient (Wildman–Crippen LogP) is 3.74. The molecule has 1 atom stereocenters. The number of hydrogen-bond acceptors (Lipinski definition) is 3. The van der Waals surface area contributed by atoms with Gasteiger partial charge >= 0.3 is 0 Å². The van der Waals surface area contributed by atoms with Crippen LogP contribution >= 0.6 is 0 Å². The van der Waals surface area contributed by atoms with Gasteiger partial charge in [0.25, 0.3) is 5.91 Å². The van der Waals surface area contributed by atoms with E-state index in [9.17, 15) is 9.59 Å². The molecule has 5 nitrogen and oxygen atoms in total. The molecule has 1 amide bonds. The number of rotatable bonds is 5. The van der Waals surface area contributed by atoms with Crippen molar-refractivity contribution < 1.29 is 9.59 Å². The van der Waals surface area contributed by atoms with E-state index in [0.29, 0.717) is 23.7 Å². The molecule has 2 heterocycles. The maximum atomic E-state index is 13.2. The van der Waals surface area contributed by atoms with Gasteiger partial charge in [0.15, 0.2) is 5.78 Å². The highest BCUT2D eigenvalue weighted by atomic mass is 16.2. The van der Waals surface area contributed by atoms with Crippen molar-refractivity contribution in [3.8, 4) is 0 Å². The largest absolute Gasteiger partial charge is 0.330 e. The number of nitrogens with zero attached hydrogens (tertiary/aromatic N) is 3. The van der Waals surface area contributed by atoms with Crippen LogP contribution in [-0.4, -0.2) is 39.1 Å². The normalized spacial score (nSPS) is 13.3. The highest BCUT2D eigenvalue weighted by Crippen LogP contribution is 2.25. The third-order valence-electron chi connectivity index (χ3n) is 4.43. The number of pyridine rings is 1. The summed E-state index contributed by atoms with van der Waals surface area (Å²) in [6, 6.07) is 5.19. The Bertz CT molecular complexity index is 784. The zero-order valence-electron chi connectivity index (χ0n) is 16.3. The van der Waals surface area contributed by atoms with Crippen LogP contribution in [0.2, 0.25) is 0 Å². The molecule has 0 fully saturated rings. The summed E-state index contributed by atoms with van der Waals surface area (Å²) in [6.07, 6.45) is 2.48. The lowest BCUT2D eigenvalue weighted by Crippen LogP contribution is -2.47. The maximum Gasteiger partial charge on any atom is 0.273 e. The van der Waals surface area contributed by atoms with E-state index < -0.39 is 11.5 Å². The van der Waals surface area contributed by atoms with Gasteiger partial charge in [0.2, 0.25) is 0 Å². The van der Waals surface area contributed by atoms with Gasteiger partial charge in [0, 0.05) is 18.7 Å². The first-order chi connectivity index (χ1) is 11.5. The van der Waals surface area contributed by atoms with Crippen LogP contribution in [-0.2, 0) is 4.79 Å². The molecule has 0 saturated heterocycles. The van der Waals surface area contributed by atoms with E-state index in [1.54, 1.807) is 16.3 Å². The van der Waals surface area contributed by atoms with Crippen LogP contribution in [0.5, 0.6) is 0 Å². The summed E-state index contributed by atoms with van der Waals surface area (Å²) >= 11 is 0. The van der Waals surface area contributed by atoms with Crippen LogP contribution < -0.4 is 0 Å². The van der Waals surface area contributed by atoms with Crippen LogP contribution in [0.15, 0.2) is 24.4 Å². The first-order valence-corrected chi connectivity index (χ1v) is 8.79. The number of carbonyl (C=O) groups excluding carboxylic acids is 2. The number of fused-ring (bicyclic) bond motifs is 1. The Balaban J connectivity index is 2.44. The summed E-state index contributed by atoms with van der Waals surface area (Å²) < 4.78 is 1.79. The van der Waals surface area contributed by atoms with Crippen molar-refractivity contribution in [3.63, 3.8) is 0 Å². The smallest absolute Gasteiger partial charge is 0.273 e. The van der Waals surface area contributed by atoms with Crippen LogP contribution in [0, 0.1) is 18.3 Å². The topological polar surface area (TPSA) is 54.7 Å². The number of Topliss-reactive ketones (excluding diaryl/α,β-unsaturated/α-hetero) is 1. The van der Waals surface area contributed by atoms with E-state index >= 15 is 0 Å². The molecule has 0 radical (unpaired) electrons. The van der Waals surface area contributed by atoms with Crippen molar-refractivity contribution in [2.75, 3.05) is 7.05 Å². The van der Waals surface area contributed by atoms with E-state index in [-0.39, 0.29) is 11.7 Å². The summed E-state index contributed by atoms with van der Waals surface area (Å²) in [5, 5.41) is 0. The standard InChI is InChI=1S/C20H29N3O2/c1-13(2)12-15(18(24)20(4,5)6)22(7)19(25)17-14(3)21-16-10-8-9-11-23(16)17/h8-11,13,15H,12H2,1-7H3/t15-/m1/s1. The molecule has 0 saturated carbocycles. The molecule has 0 unspecified atom stereocenters. The molecule has 0 aliphatic heterocycles. The van der Waals surface area contributed by atoms with E-state index in [0.717, 1.165) is 5.65 Å². The number of likely N-dealkylation sites (N-methyl/N-ethyl adjacent to an activating group) is 1. The lowest BCUT2D eigenvalue weighted by atomic mass is 9.83. The molecule has 0 aliphatic carbocycles. The zero-order valence-corrected chi connectivity index (χ0v) is 16.3. The van der Waals surface area contributed by atoms with Gasteiger partial charge in [-0.25, -0.2) is 4.98 Å². The summed E-state index contributed by atoms with van der Waals surface area (Å²) in [4.78, 5) is 32.2. The van der Waals surface area contributed by atoms with Crippen molar-refractivity contribution >= 4 is 17.3 Å². The molecule has 25 heavy (non-hydrogen) atoms. The third kappa shape index (κ3) is 3.91. The van der Waals surface area contributed by atoms with Gasteiger partial charge in [-0.3, -0.25) is 14.0 Å². The zero-order chi connectivity index (χ0) is 18.9. The minimum atomic E-state index is -0.497. The number of hydrogen-bond donors (Lipinski definition) is 0. The predicted molar refractivity (Wildman–Crippen MR) is 99.7 cm³/mol. The van der Waals surface area contributed by atoms with Crippen molar-refractivity contribution in [2.24, 2.45) is 11.3 Å². The van der Waals surface area contributed by atoms with Crippen LogP contribution in [0.3, 0.4) is 0 Å². The molecular weight excluding hydrogens is 314 g/mol. The van der Waals surface area contributed by atoms with Crippen molar-refractivity contribution in [2.45, 2.75) is 54.0 Å². The Morgan fingerprint density at radius 2 is 1.88 bits per heavy atom. The second-order valence-corrected chi connectivity index (χ2v) is 8.15. The van der Waals surface area contributed by atoms with Gasteiger partial charge in [-0.05, 0) is 31.4 Å². The summed E-state index contributed by atoms with van der Waals surface area (Å²) in [6.45, 7) is 11.7. The molecule has 2 aromatic heterocycles. The lowest BCUT2D eigenvalue weighted by Gasteiger charge is -2.33. The summed E-state index contributed by atoms with van der Waals surface area (Å²) in [5.41, 5.74) is 1.44. The minimum absolute atomic E-state index is 0.0866. The highest BCUT2D eigenvalue weighted by molar-refractivity contribution is 5.99. The monoisotopic (exact) mass is 343 g/mol. The molecule has 0 aromatic carbocycles. The molecule has 0 spiro atoms. The summed E-state index contributed by atoms with van der Waals surface area (Å²) in [5.74, 6) is 0.234. The number of ketones is 1. The quantitative estimate of drug-likeness (QED) is 0.831. The molecular formula is C20H29N3O2. The Morgan fingerprint density at radius 3 is 2.44 bits per heavy atom. The number of aryl methyl sites for hydroxylation is 1. The molecule has 0 aliphatic rings. The van der Waals surface area contributed by atoms with E-state index in [1.165, 1.54) is 0 Å². The number of amides is 1. The first-order valence-electron chi connectivity index (χ1n) is 8.79. The maximum absolute atomic E-state index is 13.2. The van der Waals surface area contributed by atoms with Crippen LogP contribution in [0.1, 0.15) is 57.2 Å². The fraction of sp³-hybridized carbons (Fsp3) is 0.550. The number of carbonyl (C=O) groups is 2. The number of aromatic nitrogens is 2. The molecule has 0 N–H and O–H groups in total. The Hall–Kier alpha value is -2.17.